The highest BCUT2D eigenvalue weighted by Gasteiger charge is 2.22. The van der Waals surface area contributed by atoms with Crippen LogP contribution < -0.4 is 0 Å². The Morgan fingerprint density at radius 2 is 1.96 bits per heavy atom. The zero-order chi connectivity index (χ0) is 17.3. The van der Waals surface area contributed by atoms with Gasteiger partial charge in [-0.3, -0.25) is 19.1 Å². The molecule has 130 valence electrons. The van der Waals surface area contributed by atoms with Crippen LogP contribution >= 0.6 is 15.9 Å². The summed E-state index contributed by atoms with van der Waals surface area (Å²) in [5.74, 6) is 0.133. The van der Waals surface area contributed by atoms with Gasteiger partial charge in [0.05, 0.1) is 22.1 Å². The molecule has 24 heavy (non-hydrogen) atoms. The molecule has 0 N–H and O–H groups in total. The summed E-state index contributed by atoms with van der Waals surface area (Å²) >= 11 is 3.51. The standard InChI is InChI=1S/C16H23BrN6O/c1-12-16(17)13(2)23(19-12)11-15(24)22-6-4-21(5-7-22)10-14-8-18-20(3)9-14/h8-9H,4-7,10-11H2,1-3H3. The Kier molecular flexibility index (Phi) is 5.05. The number of amides is 1. The van der Waals surface area contributed by atoms with Gasteiger partial charge in [-0.25, -0.2) is 0 Å². The lowest BCUT2D eigenvalue weighted by molar-refractivity contribution is -0.133. The van der Waals surface area contributed by atoms with Crippen molar-refractivity contribution in [2.45, 2.75) is 26.9 Å². The first-order valence-electron chi connectivity index (χ1n) is 8.11. The van der Waals surface area contributed by atoms with E-state index in [4.69, 9.17) is 0 Å². The van der Waals surface area contributed by atoms with E-state index in [9.17, 15) is 4.79 Å². The van der Waals surface area contributed by atoms with Crippen LogP contribution in [0.5, 0.6) is 0 Å². The van der Waals surface area contributed by atoms with E-state index in [1.165, 1.54) is 5.56 Å². The largest absolute Gasteiger partial charge is 0.339 e. The van der Waals surface area contributed by atoms with Crippen molar-refractivity contribution < 1.29 is 4.79 Å². The molecule has 1 aliphatic rings. The van der Waals surface area contributed by atoms with E-state index in [2.05, 4.69) is 31.0 Å². The zero-order valence-electron chi connectivity index (χ0n) is 14.4. The van der Waals surface area contributed by atoms with Crippen LogP contribution in [0.3, 0.4) is 0 Å². The lowest BCUT2D eigenvalue weighted by Crippen LogP contribution is -2.49. The van der Waals surface area contributed by atoms with Crippen LogP contribution in [0.25, 0.3) is 0 Å². The molecule has 8 heteroatoms. The molecule has 3 rings (SSSR count). The van der Waals surface area contributed by atoms with Crippen LogP contribution in [0.4, 0.5) is 0 Å². The van der Waals surface area contributed by atoms with Gasteiger partial charge in [-0.2, -0.15) is 10.2 Å². The van der Waals surface area contributed by atoms with E-state index in [0.29, 0.717) is 6.54 Å². The molecule has 0 saturated carbocycles. The fourth-order valence-corrected chi connectivity index (χ4v) is 3.31. The Morgan fingerprint density at radius 1 is 1.25 bits per heavy atom. The maximum atomic E-state index is 12.5. The number of halogens is 1. The van der Waals surface area contributed by atoms with Gasteiger partial charge in [-0.05, 0) is 29.8 Å². The second-order valence-electron chi connectivity index (χ2n) is 6.32. The van der Waals surface area contributed by atoms with Gasteiger partial charge in [0.15, 0.2) is 0 Å². The van der Waals surface area contributed by atoms with Gasteiger partial charge in [0, 0.05) is 51.5 Å². The molecule has 0 aliphatic carbocycles. The van der Waals surface area contributed by atoms with E-state index in [0.717, 1.165) is 48.6 Å². The number of aromatic nitrogens is 4. The van der Waals surface area contributed by atoms with Gasteiger partial charge < -0.3 is 4.90 Å². The van der Waals surface area contributed by atoms with Crippen LogP contribution in [0.15, 0.2) is 16.9 Å². The first kappa shape index (κ1) is 17.2. The Morgan fingerprint density at radius 3 is 2.50 bits per heavy atom. The number of hydrogen-bond acceptors (Lipinski definition) is 4. The summed E-state index contributed by atoms with van der Waals surface area (Å²) in [5, 5.41) is 8.62. The van der Waals surface area contributed by atoms with Crippen LogP contribution in [0.1, 0.15) is 17.0 Å². The van der Waals surface area contributed by atoms with Crippen LogP contribution in [-0.2, 0) is 24.9 Å². The Balaban J connectivity index is 1.52. The molecule has 1 fully saturated rings. The lowest BCUT2D eigenvalue weighted by Gasteiger charge is -2.34. The first-order valence-corrected chi connectivity index (χ1v) is 8.90. The molecule has 7 nitrogen and oxygen atoms in total. The highest BCUT2D eigenvalue weighted by Crippen LogP contribution is 2.20. The molecule has 0 unspecified atom stereocenters. The number of carbonyl (C=O) groups excluding carboxylic acids is 1. The SMILES string of the molecule is Cc1nn(CC(=O)N2CCN(Cc3cnn(C)c3)CC2)c(C)c1Br. The molecule has 1 amide bonds. The predicted octanol–water partition coefficient (Wildman–Crippen LogP) is 1.34. The summed E-state index contributed by atoms with van der Waals surface area (Å²) in [6.45, 7) is 8.42. The Bertz CT molecular complexity index is 729. The molecule has 0 aromatic carbocycles. The van der Waals surface area contributed by atoms with Gasteiger partial charge in [-0.15, -0.1) is 0 Å². The summed E-state index contributed by atoms with van der Waals surface area (Å²) in [6, 6.07) is 0. The van der Waals surface area contributed by atoms with Crippen LogP contribution in [0.2, 0.25) is 0 Å². The van der Waals surface area contributed by atoms with Crippen molar-refractivity contribution in [1.29, 1.82) is 0 Å². The third-order valence-electron chi connectivity index (χ3n) is 4.47. The summed E-state index contributed by atoms with van der Waals surface area (Å²) < 4.78 is 4.59. The normalized spacial score (nSPS) is 15.9. The lowest BCUT2D eigenvalue weighted by atomic mass is 10.2. The highest BCUT2D eigenvalue weighted by atomic mass is 79.9. The fourth-order valence-electron chi connectivity index (χ4n) is 3.02. The van der Waals surface area contributed by atoms with Crippen molar-refractivity contribution in [3.8, 4) is 0 Å². The molecule has 0 bridgehead atoms. The van der Waals surface area contributed by atoms with Crippen LogP contribution in [-0.4, -0.2) is 61.4 Å². The quantitative estimate of drug-likeness (QED) is 0.784. The van der Waals surface area contributed by atoms with E-state index >= 15 is 0 Å². The number of carbonyl (C=O) groups is 1. The monoisotopic (exact) mass is 394 g/mol. The maximum Gasteiger partial charge on any atom is 0.244 e. The average Bonchev–Trinajstić information content (AvgIpc) is 3.07. The molecule has 2 aromatic heterocycles. The topological polar surface area (TPSA) is 59.2 Å². The predicted molar refractivity (Wildman–Crippen MR) is 94.5 cm³/mol. The van der Waals surface area contributed by atoms with Crippen molar-refractivity contribution in [2.24, 2.45) is 7.05 Å². The number of nitrogens with zero attached hydrogens (tertiary/aromatic N) is 6. The molecule has 3 heterocycles. The highest BCUT2D eigenvalue weighted by molar-refractivity contribution is 9.10. The molecule has 0 radical (unpaired) electrons. The summed E-state index contributed by atoms with van der Waals surface area (Å²) in [5.41, 5.74) is 3.13. The number of aryl methyl sites for hydroxylation is 2. The van der Waals surface area contributed by atoms with Gasteiger partial charge in [-0.1, -0.05) is 0 Å². The van der Waals surface area contributed by atoms with Crippen molar-refractivity contribution in [3.63, 3.8) is 0 Å². The first-order chi connectivity index (χ1) is 11.4. The van der Waals surface area contributed by atoms with Gasteiger partial charge >= 0.3 is 0 Å². The third-order valence-corrected chi connectivity index (χ3v) is 5.62. The molecule has 2 aromatic rings. The summed E-state index contributed by atoms with van der Waals surface area (Å²) in [7, 11) is 1.93. The zero-order valence-corrected chi connectivity index (χ0v) is 16.0. The molecule has 1 saturated heterocycles. The Labute approximate surface area is 150 Å². The van der Waals surface area contributed by atoms with Gasteiger partial charge in [0.25, 0.3) is 0 Å². The van der Waals surface area contributed by atoms with Gasteiger partial charge in [0.2, 0.25) is 5.91 Å². The average molecular weight is 395 g/mol. The third kappa shape index (κ3) is 3.70. The van der Waals surface area contributed by atoms with Gasteiger partial charge in [0.1, 0.15) is 6.54 Å². The van der Waals surface area contributed by atoms with Crippen molar-refractivity contribution >= 4 is 21.8 Å². The summed E-state index contributed by atoms with van der Waals surface area (Å²) in [6.07, 6.45) is 3.94. The molecule has 0 spiro atoms. The van der Waals surface area contributed by atoms with E-state index < -0.39 is 0 Å². The maximum absolute atomic E-state index is 12.5. The van der Waals surface area contributed by atoms with Crippen LogP contribution in [0, 0.1) is 13.8 Å². The fraction of sp³-hybridized carbons (Fsp3) is 0.562. The second kappa shape index (κ2) is 7.06. The number of hydrogen-bond donors (Lipinski definition) is 0. The van der Waals surface area contributed by atoms with Crippen molar-refractivity contribution in [3.05, 3.63) is 33.8 Å². The minimum absolute atomic E-state index is 0.133. The minimum atomic E-state index is 0.133. The second-order valence-corrected chi connectivity index (χ2v) is 7.11. The summed E-state index contributed by atoms with van der Waals surface area (Å²) in [4.78, 5) is 16.8. The molecule has 0 atom stereocenters. The smallest absolute Gasteiger partial charge is 0.244 e. The molecule has 1 aliphatic heterocycles. The van der Waals surface area contributed by atoms with Crippen molar-refractivity contribution in [2.75, 3.05) is 26.2 Å². The molecular weight excluding hydrogens is 372 g/mol. The van der Waals surface area contributed by atoms with E-state index in [1.807, 2.05) is 42.9 Å². The number of piperazine rings is 1. The van der Waals surface area contributed by atoms with Crippen molar-refractivity contribution in [1.82, 2.24) is 29.4 Å². The van der Waals surface area contributed by atoms with E-state index in [-0.39, 0.29) is 5.91 Å². The minimum Gasteiger partial charge on any atom is -0.339 e. The van der Waals surface area contributed by atoms with E-state index in [1.54, 1.807) is 4.68 Å². The number of rotatable bonds is 4. The molecular formula is C16H23BrN6O. The Hall–Kier alpha value is -1.67.